The number of carbonyl (C=O) groups excluding carboxylic acids is 1. The van der Waals surface area contributed by atoms with Crippen molar-refractivity contribution in [3.05, 3.63) is 47.8 Å². The summed E-state index contributed by atoms with van der Waals surface area (Å²) >= 11 is 0. The van der Waals surface area contributed by atoms with Gasteiger partial charge < -0.3 is 10.1 Å². The maximum absolute atomic E-state index is 12.3. The van der Waals surface area contributed by atoms with Crippen molar-refractivity contribution in [2.45, 2.75) is 51.3 Å². The Morgan fingerprint density at radius 3 is 2.80 bits per heavy atom. The van der Waals surface area contributed by atoms with Gasteiger partial charge >= 0.3 is 0 Å². The van der Waals surface area contributed by atoms with Gasteiger partial charge in [-0.1, -0.05) is 18.2 Å². The highest BCUT2D eigenvalue weighted by Crippen LogP contribution is 2.26. The summed E-state index contributed by atoms with van der Waals surface area (Å²) in [6, 6.07) is 9.03. The molecule has 1 aromatic carbocycles. The Bertz CT molecular complexity index is 712. The van der Waals surface area contributed by atoms with Crippen LogP contribution in [0, 0.1) is 0 Å². The number of hydrogen-bond acceptors (Lipinski definition) is 3. The number of ether oxygens (including phenoxy) is 1. The number of alkyl halides is 2. The Balaban J connectivity index is 1.59. The number of para-hydroxylation sites is 1. The van der Waals surface area contributed by atoms with Gasteiger partial charge in [0.2, 0.25) is 0 Å². The highest BCUT2D eigenvalue weighted by molar-refractivity contribution is 5.92. The Labute approximate surface area is 145 Å². The minimum absolute atomic E-state index is 0.120. The van der Waals surface area contributed by atoms with Gasteiger partial charge in [-0.15, -0.1) is 0 Å². The first-order valence-corrected chi connectivity index (χ1v) is 8.46. The molecule has 1 fully saturated rings. The van der Waals surface area contributed by atoms with Gasteiger partial charge in [-0.3, -0.25) is 9.48 Å². The van der Waals surface area contributed by atoms with Gasteiger partial charge in [-0.25, -0.2) is 8.78 Å². The van der Waals surface area contributed by atoms with Gasteiger partial charge in [0.25, 0.3) is 12.3 Å². The van der Waals surface area contributed by atoms with E-state index in [1.165, 1.54) is 25.1 Å². The molecule has 0 bridgehead atoms. The van der Waals surface area contributed by atoms with Gasteiger partial charge in [0.05, 0.1) is 6.10 Å². The largest absolute Gasteiger partial charge is 0.490 e. The molecule has 1 N–H and O–H groups in total. The van der Waals surface area contributed by atoms with Crippen molar-refractivity contribution < 1.29 is 18.3 Å². The molecule has 3 rings (SSSR count). The van der Waals surface area contributed by atoms with Crippen LogP contribution < -0.4 is 10.1 Å². The van der Waals surface area contributed by atoms with Crippen LogP contribution in [0.25, 0.3) is 0 Å². The molecule has 1 heterocycles. The zero-order valence-electron chi connectivity index (χ0n) is 13.8. The molecule has 0 unspecified atom stereocenters. The Hall–Kier alpha value is -2.44. The molecule has 1 saturated carbocycles. The van der Waals surface area contributed by atoms with Gasteiger partial charge in [0, 0.05) is 18.3 Å². The van der Waals surface area contributed by atoms with Crippen LogP contribution in [0.4, 0.5) is 8.78 Å². The number of hydrogen-bond donors (Lipinski definition) is 1. The van der Waals surface area contributed by atoms with Gasteiger partial charge in [-0.05, 0) is 37.8 Å². The normalized spacial score (nSPS) is 14.8. The van der Waals surface area contributed by atoms with E-state index in [9.17, 15) is 13.6 Å². The van der Waals surface area contributed by atoms with Crippen molar-refractivity contribution in [2.24, 2.45) is 0 Å². The quantitative estimate of drug-likeness (QED) is 0.833. The van der Waals surface area contributed by atoms with Crippen molar-refractivity contribution in [1.29, 1.82) is 0 Å². The van der Waals surface area contributed by atoms with Crippen molar-refractivity contribution in [1.82, 2.24) is 15.1 Å². The summed E-state index contributed by atoms with van der Waals surface area (Å²) in [7, 11) is 0. The first-order valence-electron chi connectivity index (χ1n) is 8.46. The maximum Gasteiger partial charge on any atom is 0.272 e. The molecular formula is C18H21F2N3O2. The molecule has 1 aromatic heterocycles. The van der Waals surface area contributed by atoms with E-state index in [4.69, 9.17) is 4.74 Å². The second kappa shape index (κ2) is 8.09. The van der Waals surface area contributed by atoms with Gasteiger partial charge in [-0.2, -0.15) is 5.10 Å². The Kier molecular flexibility index (Phi) is 5.63. The molecule has 2 aromatic rings. The third-order valence-corrected chi connectivity index (χ3v) is 4.21. The molecule has 5 nitrogen and oxygen atoms in total. The minimum Gasteiger partial charge on any atom is -0.490 e. The SMILES string of the molecule is O=C(NCc1ccccc1OC1CCCC1)c1ccn(CC(F)F)n1. The molecule has 25 heavy (non-hydrogen) atoms. The topological polar surface area (TPSA) is 56.1 Å². The number of nitrogens with zero attached hydrogens (tertiary/aromatic N) is 2. The van der Waals surface area contributed by atoms with Crippen LogP contribution in [-0.4, -0.2) is 28.2 Å². The van der Waals surface area contributed by atoms with E-state index in [0.29, 0.717) is 6.54 Å². The molecule has 1 aliphatic carbocycles. The van der Waals surface area contributed by atoms with Crippen LogP contribution in [0.15, 0.2) is 36.5 Å². The number of aromatic nitrogens is 2. The van der Waals surface area contributed by atoms with E-state index < -0.39 is 18.9 Å². The van der Waals surface area contributed by atoms with Gasteiger partial charge in [0.1, 0.15) is 18.0 Å². The van der Waals surface area contributed by atoms with E-state index in [2.05, 4.69) is 10.4 Å². The smallest absolute Gasteiger partial charge is 0.272 e. The number of benzene rings is 1. The maximum atomic E-state index is 12.3. The molecule has 0 aliphatic heterocycles. The Morgan fingerprint density at radius 1 is 1.28 bits per heavy atom. The first-order chi connectivity index (χ1) is 12.1. The highest BCUT2D eigenvalue weighted by atomic mass is 19.3. The average molecular weight is 349 g/mol. The molecule has 0 spiro atoms. The van der Waals surface area contributed by atoms with Crippen LogP contribution in [0.3, 0.4) is 0 Å². The van der Waals surface area contributed by atoms with Crippen molar-refractivity contribution in [3.8, 4) is 5.75 Å². The zero-order valence-corrected chi connectivity index (χ0v) is 13.8. The lowest BCUT2D eigenvalue weighted by atomic mass is 10.2. The number of rotatable bonds is 7. The lowest BCUT2D eigenvalue weighted by molar-refractivity contribution is 0.0939. The average Bonchev–Trinajstić information content (AvgIpc) is 3.25. The zero-order chi connectivity index (χ0) is 17.6. The van der Waals surface area contributed by atoms with Crippen LogP contribution in [-0.2, 0) is 13.1 Å². The van der Waals surface area contributed by atoms with Crippen molar-refractivity contribution >= 4 is 5.91 Å². The van der Waals surface area contributed by atoms with Crippen molar-refractivity contribution in [3.63, 3.8) is 0 Å². The fourth-order valence-electron chi connectivity index (χ4n) is 2.94. The molecule has 134 valence electrons. The second-order valence-electron chi connectivity index (χ2n) is 6.13. The second-order valence-corrected chi connectivity index (χ2v) is 6.13. The minimum atomic E-state index is -2.50. The number of amides is 1. The molecule has 0 radical (unpaired) electrons. The number of nitrogens with one attached hydrogen (secondary N) is 1. The van der Waals surface area contributed by atoms with E-state index in [1.807, 2.05) is 24.3 Å². The molecule has 0 atom stereocenters. The summed E-state index contributed by atoms with van der Waals surface area (Å²) in [5.74, 6) is 0.376. The predicted molar refractivity (Wildman–Crippen MR) is 88.7 cm³/mol. The summed E-state index contributed by atoms with van der Waals surface area (Å²) in [5.41, 5.74) is 1.00. The molecule has 1 aliphatic rings. The van der Waals surface area contributed by atoms with Crippen LogP contribution in [0.5, 0.6) is 5.75 Å². The summed E-state index contributed by atoms with van der Waals surface area (Å²) in [4.78, 5) is 12.2. The third-order valence-electron chi connectivity index (χ3n) is 4.21. The van der Waals surface area contributed by atoms with E-state index in [1.54, 1.807) is 0 Å². The fourth-order valence-corrected chi connectivity index (χ4v) is 2.94. The summed E-state index contributed by atoms with van der Waals surface area (Å²) in [6.45, 7) is -0.227. The standard InChI is InChI=1S/C18H21F2N3O2/c19-17(20)12-23-10-9-15(22-23)18(24)21-11-13-5-1-4-8-16(13)25-14-6-2-3-7-14/h1,4-5,8-10,14,17H,2-3,6-7,11-12H2,(H,21,24). The predicted octanol–water partition coefficient (Wildman–Crippen LogP) is 3.40. The monoisotopic (exact) mass is 349 g/mol. The van der Waals surface area contributed by atoms with Crippen LogP contribution in [0.2, 0.25) is 0 Å². The lowest BCUT2D eigenvalue weighted by Crippen LogP contribution is -2.24. The van der Waals surface area contributed by atoms with Crippen molar-refractivity contribution in [2.75, 3.05) is 0 Å². The number of carbonyl (C=O) groups is 1. The summed E-state index contributed by atoms with van der Waals surface area (Å²) in [6.07, 6.45) is 3.59. The fraction of sp³-hybridized carbons (Fsp3) is 0.444. The molecule has 7 heteroatoms. The van der Waals surface area contributed by atoms with Crippen LogP contribution in [0.1, 0.15) is 41.7 Å². The summed E-state index contributed by atoms with van der Waals surface area (Å²) < 4.78 is 31.8. The van der Waals surface area contributed by atoms with Crippen LogP contribution >= 0.6 is 0 Å². The van der Waals surface area contributed by atoms with E-state index in [0.717, 1.165) is 28.8 Å². The molecular weight excluding hydrogens is 328 g/mol. The first kappa shape index (κ1) is 17.4. The lowest BCUT2D eigenvalue weighted by Gasteiger charge is -2.16. The van der Waals surface area contributed by atoms with E-state index >= 15 is 0 Å². The summed E-state index contributed by atoms with van der Waals surface area (Å²) in [5, 5.41) is 6.63. The number of halogens is 2. The van der Waals surface area contributed by atoms with E-state index in [-0.39, 0.29) is 11.8 Å². The van der Waals surface area contributed by atoms with Gasteiger partial charge in [0.15, 0.2) is 0 Å². The molecule has 1 amide bonds. The highest BCUT2D eigenvalue weighted by Gasteiger charge is 2.18. The Morgan fingerprint density at radius 2 is 2.04 bits per heavy atom. The molecule has 0 saturated heterocycles. The third kappa shape index (κ3) is 4.78.